The van der Waals surface area contributed by atoms with Crippen molar-refractivity contribution in [1.82, 2.24) is 5.32 Å². The summed E-state index contributed by atoms with van der Waals surface area (Å²) < 4.78 is 10.4. The molecular weight excluding hydrogens is 342 g/mol. The van der Waals surface area contributed by atoms with Crippen LogP contribution in [-0.4, -0.2) is 26.0 Å². The largest absolute Gasteiger partial charge is 0.496 e. The zero-order valence-corrected chi connectivity index (χ0v) is 16.9. The Bertz CT molecular complexity index is 876. The van der Waals surface area contributed by atoms with Gasteiger partial charge >= 0.3 is 5.97 Å². The molecule has 1 aromatic rings. The Labute approximate surface area is 160 Å². The number of ether oxygens (including phenoxy) is 2. The van der Waals surface area contributed by atoms with E-state index in [1.807, 2.05) is 32.0 Å². The van der Waals surface area contributed by atoms with Crippen LogP contribution in [0.2, 0.25) is 0 Å². The highest BCUT2D eigenvalue weighted by Crippen LogP contribution is 2.47. The first-order valence-electron chi connectivity index (χ1n) is 9.15. The van der Waals surface area contributed by atoms with Gasteiger partial charge in [-0.15, -0.1) is 0 Å². The molecule has 0 saturated carbocycles. The molecule has 0 bridgehead atoms. The molecule has 0 amide bonds. The third-order valence-electron chi connectivity index (χ3n) is 5.40. The number of methoxy groups -OCH3 is 2. The Morgan fingerprint density at radius 2 is 1.89 bits per heavy atom. The number of ketones is 1. The van der Waals surface area contributed by atoms with E-state index in [1.54, 1.807) is 7.11 Å². The molecule has 1 N–H and O–H groups in total. The van der Waals surface area contributed by atoms with Crippen molar-refractivity contribution < 1.29 is 19.1 Å². The van der Waals surface area contributed by atoms with Gasteiger partial charge in [0.1, 0.15) is 5.75 Å². The Morgan fingerprint density at radius 1 is 1.19 bits per heavy atom. The maximum absolute atomic E-state index is 13.1. The minimum Gasteiger partial charge on any atom is -0.496 e. The van der Waals surface area contributed by atoms with Gasteiger partial charge in [-0.1, -0.05) is 26.0 Å². The van der Waals surface area contributed by atoms with Crippen molar-refractivity contribution in [3.05, 3.63) is 51.9 Å². The minimum atomic E-state index is -0.429. The summed E-state index contributed by atoms with van der Waals surface area (Å²) in [5, 5.41) is 3.32. The molecule has 0 aromatic heterocycles. The van der Waals surface area contributed by atoms with Gasteiger partial charge in [-0.2, -0.15) is 0 Å². The van der Waals surface area contributed by atoms with E-state index in [2.05, 4.69) is 19.2 Å². The summed E-state index contributed by atoms with van der Waals surface area (Å²) in [6, 6.07) is 5.80. The van der Waals surface area contributed by atoms with Crippen molar-refractivity contribution in [2.45, 2.75) is 46.5 Å². The molecule has 0 unspecified atom stereocenters. The molecule has 1 aromatic carbocycles. The molecule has 0 radical (unpaired) electrons. The summed E-state index contributed by atoms with van der Waals surface area (Å²) in [5.41, 5.74) is 4.59. The summed E-state index contributed by atoms with van der Waals surface area (Å²) in [5.74, 6) is 0.0176. The predicted octanol–water partition coefficient (Wildman–Crippen LogP) is 3.78. The highest BCUT2D eigenvalue weighted by atomic mass is 16.5. The first-order valence-corrected chi connectivity index (χ1v) is 9.15. The van der Waals surface area contributed by atoms with Crippen molar-refractivity contribution in [3.8, 4) is 5.75 Å². The van der Waals surface area contributed by atoms with E-state index < -0.39 is 11.9 Å². The zero-order chi connectivity index (χ0) is 19.9. The number of rotatable bonds is 3. The normalized spacial score (nSPS) is 21.6. The first-order chi connectivity index (χ1) is 12.7. The second-order valence-corrected chi connectivity index (χ2v) is 8.15. The Hall–Kier alpha value is -2.56. The number of hydrogen-bond donors (Lipinski definition) is 1. The van der Waals surface area contributed by atoms with Gasteiger partial charge in [0.25, 0.3) is 0 Å². The summed E-state index contributed by atoms with van der Waals surface area (Å²) >= 11 is 0. The predicted molar refractivity (Wildman–Crippen MR) is 103 cm³/mol. The van der Waals surface area contributed by atoms with E-state index in [-0.39, 0.29) is 11.2 Å². The molecular formula is C22H27NO4. The number of carbonyl (C=O) groups excluding carboxylic acids is 2. The number of Topliss-reactive ketones (excluding diaryl/α,β-unsaturated/α-hetero) is 1. The van der Waals surface area contributed by atoms with Crippen LogP contribution in [-0.2, 0) is 14.3 Å². The quantitative estimate of drug-likeness (QED) is 0.822. The van der Waals surface area contributed by atoms with E-state index in [9.17, 15) is 9.59 Å². The lowest BCUT2D eigenvalue weighted by atomic mass is 9.68. The van der Waals surface area contributed by atoms with Gasteiger partial charge in [0.15, 0.2) is 5.78 Å². The molecule has 5 nitrogen and oxygen atoms in total. The average Bonchev–Trinajstić information content (AvgIpc) is 2.58. The van der Waals surface area contributed by atoms with Crippen molar-refractivity contribution in [2.75, 3.05) is 14.2 Å². The number of benzene rings is 1. The number of allylic oxidation sites excluding steroid dienone is 3. The summed E-state index contributed by atoms with van der Waals surface area (Å²) in [6.07, 6.45) is 1.23. The molecule has 1 aliphatic heterocycles. The van der Waals surface area contributed by atoms with Crippen LogP contribution in [0.4, 0.5) is 0 Å². The van der Waals surface area contributed by atoms with Crippen molar-refractivity contribution in [1.29, 1.82) is 0 Å². The fraction of sp³-hybridized carbons (Fsp3) is 0.455. The van der Waals surface area contributed by atoms with Crippen molar-refractivity contribution in [3.63, 3.8) is 0 Å². The van der Waals surface area contributed by atoms with Crippen LogP contribution in [0.3, 0.4) is 0 Å². The SMILES string of the molecule is COC(=O)C1=C(C)NC2=C(C(=O)CC(C)(C)C2)[C@@H]1c1ccc(OC)c(C)c1. The number of esters is 1. The standard InChI is InChI=1S/C22H27NO4/c1-12-9-14(7-8-17(12)26-5)19-18(21(25)27-6)13(2)23-15-10-22(3,4)11-16(24)20(15)19/h7-9,19,23H,10-11H2,1-6H3/t19-/m1/s1. The van der Waals surface area contributed by atoms with Gasteiger partial charge < -0.3 is 14.8 Å². The van der Waals surface area contributed by atoms with Crippen LogP contribution in [0, 0.1) is 12.3 Å². The highest BCUT2D eigenvalue weighted by Gasteiger charge is 2.43. The van der Waals surface area contributed by atoms with Gasteiger partial charge in [0.05, 0.1) is 19.8 Å². The van der Waals surface area contributed by atoms with Gasteiger partial charge in [0, 0.05) is 29.3 Å². The lowest BCUT2D eigenvalue weighted by Gasteiger charge is -2.39. The topological polar surface area (TPSA) is 64.6 Å². The van der Waals surface area contributed by atoms with Crippen LogP contribution in [0.1, 0.15) is 50.7 Å². The number of aryl methyl sites for hydroxylation is 1. The maximum atomic E-state index is 13.1. The third kappa shape index (κ3) is 3.38. The van der Waals surface area contributed by atoms with E-state index >= 15 is 0 Å². The van der Waals surface area contributed by atoms with Gasteiger partial charge in [-0.05, 0) is 42.9 Å². The van der Waals surface area contributed by atoms with Crippen LogP contribution in [0.5, 0.6) is 5.75 Å². The second-order valence-electron chi connectivity index (χ2n) is 8.15. The van der Waals surface area contributed by atoms with Gasteiger partial charge in [0.2, 0.25) is 0 Å². The van der Waals surface area contributed by atoms with Crippen LogP contribution in [0.25, 0.3) is 0 Å². The summed E-state index contributed by atoms with van der Waals surface area (Å²) in [7, 11) is 3.00. The molecule has 27 heavy (non-hydrogen) atoms. The molecule has 1 atom stereocenters. The highest BCUT2D eigenvalue weighted by molar-refractivity contribution is 6.04. The summed E-state index contributed by atoms with van der Waals surface area (Å²) in [6.45, 7) is 8.01. The first kappa shape index (κ1) is 19.2. The zero-order valence-electron chi connectivity index (χ0n) is 16.9. The van der Waals surface area contributed by atoms with Gasteiger partial charge in [-0.3, -0.25) is 4.79 Å². The van der Waals surface area contributed by atoms with E-state index in [4.69, 9.17) is 9.47 Å². The second kappa shape index (κ2) is 6.87. The molecule has 2 aliphatic rings. The fourth-order valence-electron chi connectivity index (χ4n) is 4.23. The number of hydrogen-bond acceptors (Lipinski definition) is 5. The fourth-order valence-corrected chi connectivity index (χ4v) is 4.23. The van der Waals surface area contributed by atoms with Crippen molar-refractivity contribution in [2.24, 2.45) is 5.41 Å². The van der Waals surface area contributed by atoms with E-state index in [0.717, 1.165) is 34.7 Å². The van der Waals surface area contributed by atoms with Crippen molar-refractivity contribution >= 4 is 11.8 Å². The molecule has 0 saturated heterocycles. The number of carbonyl (C=O) groups is 2. The van der Waals surface area contributed by atoms with Crippen LogP contribution >= 0.6 is 0 Å². The average molecular weight is 369 g/mol. The molecule has 1 aliphatic carbocycles. The smallest absolute Gasteiger partial charge is 0.336 e. The van der Waals surface area contributed by atoms with Crippen LogP contribution < -0.4 is 10.1 Å². The van der Waals surface area contributed by atoms with E-state index in [1.165, 1.54) is 7.11 Å². The Kier molecular flexibility index (Phi) is 4.89. The molecule has 0 spiro atoms. The van der Waals surface area contributed by atoms with Crippen LogP contribution in [0.15, 0.2) is 40.7 Å². The molecule has 1 heterocycles. The lowest BCUT2D eigenvalue weighted by Crippen LogP contribution is -2.38. The van der Waals surface area contributed by atoms with E-state index in [0.29, 0.717) is 17.6 Å². The molecule has 3 rings (SSSR count). The monoisotopic (exact) mass is 369 g/mol. The maximum Gasteiger partial charge on any atom is 0.336 e. The molecule has 0 fully saturated rings. The third-order valence-corrected chi connectivity index (χ3v) is 5.40. The van der Waals surface area contributed by atoms with Gasteiger partial charge in [-0.25, -0.2) is 4.79 Å². The number of dihydropyridines is 1. The minimum absolute atomic E-state index is 0.0844. The molecule has 144 valence electrons. The Morgan fingerprint density at radius 3 is 2.48 bits per heavy atom. The molecule has 5 heteroatoms. The summed E-state index contributed by atoms with van der Waals surface area (Å²) in [4.78, 5) is 25.7. The lowest BCUT2D eigenvalue weighted by molar-refractivity contribution is -0.136. The number of nitrogens with one attached hydrogen (secondary N) is 1. The Balaban J connectivity index is 2.21.